The number of nitrogens with one attached hydrogen (secondary N) is 1. The van der Waals surface area contributed by atoms with Gasteiger partial charge in [0.15, 0.2) is 11.6 Å². The lowest BCUT2D eigenvalue weighted by atomic mass is 9.89. The highest BCUT2D eigenvalue weighted by Gasteiger charge is 2.17. The lowest BCUT2D eigenvalue weighted by molar-refractivity contribution is 0.132. The molecule has 0 radical (unpaired) electrons. The molecule has 1 rings (SSSR count). The van der Waals surface area contributed by atoms with Crippen LogP contribution in [-0.2, 0) is 0 Å². The van der Waals surface area contributed by atoms with E-state index in [4.69, 9.17) is 4.74 Å². The Morgan fingerprint density at radius 2 is 2.16 bits per heavy atom. The van der Waals surface area contributed by atoms with E-state index in [0.717, 1.165) is 18.6 Å². The lowest BCUT2D eigenvalue weighted by Gasteiger charge is -2.23. The van der Waals surface area contributed by atoms with Gasteiger partial charge in [0.1, 0.15) is 0 Å². The van der Waals surface area contributed by atoms with Crippen molar-refractivity contribution in [2.24, 2.45) is 5.41 Å². The van der Waals surface area contributed by atoms with Crippen molar-refractivity contribution in [2.45, 2.75) is 46.6 Å². The number of hydrogen-bond donors (Lipinski definition) is 2. The zero-order chi connectivity index (χ0) is 14.3. The van der Waals surface area contributed by atoms with E-state index in [9.17, 15) is 5.11 Å². The standard InChI is InChI=1S/C15H26N2O2/c1-5-9-19-13-7-6-8-16-14(13)17-11-12(18)10-15(2,3)4/h6-8,12,18H,5,9-11H2,1-4H3,(H,16,17). The lowest BCUT2D eigenvalue weighted by Crippen LogP contribution is -2.25. The van der Waals surface area contributed by atoms with Crippen LogP contribution >= 0.6 is 0 Å². The molecule has 1 aromatic heterocycles. The van der Waals surface area contributed by atoms with Crippen LogP contribution in [0.1, 0.15) is 40.5 Å². The molecule has 108 valence electrons. The maximum absolute atomic E-state index is 9.98. The van der Waals surface area contributed by atoms with Gasteiger partial charge in [0.25, 0.3) is 0 Å². The first-order chi connectivity index (χ1) is 8.92. The van der Waals surface area contributed by atoms with Crippen LogP contribution in [0.15, 0.2) is 18.3 Å². The second-order valence-electron chi connectivity index (χ2n) is 6.00. The summed E-state index contributed by atoms with van der Waals surface area (Å²) in [4.78, 5) is 4.25. The summed E-state index contributed by atoms with van der Waals surface area (Å²) in [6.07, 6.45) is 3.04. The van der Waals surface area contributed by atoms with Gasteiger partial charge in [-0.2, -0.15) is 0 Å². The normalized spacial score (nSPS) is 13.1. The molecule has 0 saturated heterocycles. The van der Waals surface area contributed by atoms with Gasteiger partial charge < -0.3 is 15.2 Å². The molecule has 0 aliphatic carbocycles. The Kier molecular flexibility index (Phi) is 6.09. The fourth-order valence-electron chi connectivity index (χ4n) is 1.85. The summed E-state index contributed by atoms with van der Waals surface area (Å²) in [6, 6.07) is 3.74. The maximum Gasteiger partial charge on any atom is 0.168 e. The number of rotatable bonds is 7. The Morgan fingerprint density at radius 3 is 2.79 bits per heavy atom. The molecule has 2 N–H and O–H groups in total. The maximum atomic E-state index is 9.98. The molecule has 1 heterocycles. The number of pyridine rings is 1. The van der Waals surface area contributed by atoms with Crippen molar-refractivity contribution in [3.63, 3.8) is 0 Å². The Bertz CT molecular complexity index is 375. The van der Waals surface area contributed by atoms with Gasteiger partial charge in [0.05, 0.1) is 12.7 Å². The third kappa shape index (κ3) is 6.43. The number of aliphatic hydroxyl groups is 1. The summed E-state index contributed by atoms with van der Waals surface area (Å²) in [5, 5.41) is 13.1. The first-order valence-electron chi connectivity index (χ1n) is 6.92. The highest BCUT2D eigenvalue weighted by molar-refractivity contribution is 5.49. The summed E-state index contributed by atoms with van der Waals surface area (Å²) in [5.74, 6) is 1.44. The molecule has 0 aliphatic heterocycles. The number of nitrogens with zero attached hydrogens (tertiary/aromatic N) is 1. The van der Waals surface area contributed by atoms with Crippen molar-refractivity contribution in [3.8, 4) is 5.75 Å². The topological polar surface area (TPSA) is 54.4 Å². The van der Waals surface area contributed by atoms with Crippen LogP contribution in [0.5, 0.6) is 5.75 Å². The number of ether oxygens (including phenoxy) is 1. The Hall–Kier alpha value is -1.29. The van der Waals surface area contributed by atoms with Gasteiger partial charge in [-0.1, -0.05) is 27.7 Å². The first kappa shape index (κ1) is 15.8. The minimum atomic E-state index is -0.388. The largest absolute Gasteiger partial charge is 0.490 e. The van der Waals surface area contributed by atoms with E-state index in [1.807, 2.05) is 12.1 Å². The first-order valence-corrected chi connectivity index (χ1v) is 6.92. The van der Waals surface area contributed by atoms with E-state index in [1.54, 1.807) is 6.20 Å². The molecule has 0 amide bonds. The van der Waals surface area contributed by atoms with E-state index in [0.29, 0.717) is 19.0 Å². The monoisotopic (exact) mass is 266 g/mol. The second kappa shape index (κ2) is 7.34. The van der Waals surface area contributed by atoms with Crippen LogP contribution < -0.4 is 10.1 Å². The molecular weight excluding hydrogens is 240 g/mol. The molecule has 1 atom stereocenters. The van der Waals surface area contributed by atoms with Crippen LogP contribution in [0.3, 0.4) is 0 Å². The van der Waals surface area contributed by atoms with Crippen LogP contribution in [0, 0.1) is 5.41 Å². The highest BCUT2D eigenvalue weighted by Crippen LogP contribution is 2.23. The number of anilines is 1. The summed E-state index contributed by atoms with van der Waals surface area (Å²) in [7, 11) is 0. The molecule has 4 heteroatoms. The van der Waals surface area contributed by atoms with Gasteiger partial charge in [-0.25, -0.2) is 4.98 Å². The SMILES string of the molecule is CCCOc1cccnc1NCC(O)CC(C)(C)C. The molecule has 0 aromatic carbocycles. The molecule has 0 saturated carbocycles. The van der Waals surface area contributed by atoms with Gasteiger partial charge in [0, 0.05) is 12.7 Å². The van der Waals surface area contributed by atoms with Gasteiger partial charge in [0.2, 0.25) is 0 Å². The Labute approximate surface area is 116 Å². The van der Waals surface area contributed by atoms with E-state index >= 15 is 0 Å². The average Bonchev–Trinajstić information content (AvgIpc) is 2.32. The van der Waals surface area contributed by atoms with Crippen molar-refractivity contribution < 1.29 is 9.84 Å². The van der Waals surface area contributed by atoms with Crippen LogP contribution in [0.25, 0.3) is 0 Å². The van der Waals surface area contributed by atoms with Crippen molar-refractivity contribution in [1.29, 1.82) is 0 Å². The van der Waals surface area contributed by atoms with Gasteiger partial charge in [-0.3, -0.25) is 0 Å². The minimum Gasteiger partial charge on any atom is -0.490 e. The highest BCUT2D eigenvalue weighted by atomic mass is 16.5. The number of aromatic nitrogens is 1. The summed E-state index contributed by atoms with van der Waals surface area (Å²) >= 11 is 0. The minimum absolute atomic E-state index is 0.118. The smallest absolute Gasteiger partial charge is 0.168 e. The van der Waals surface area contributed by atoms with Crippen LogP contribution in [0.2, 0.25) is 0 Å². The van der Waals surface area contributed by atoms with E-state index < -0.39 is 0 Å². The van der Waals surface area contributed by atoms with Crippen molar-refractivity contribution >= 4 is 5.82 Å². The Balaban J connectivity index is 2.52. The fourth-order valence-corrected chi connectivity index (χ4v) is 1.85. The predicted molar refractivity (Wildman–Crippen MR) is 78.6 cm³/mol. The van der Waals surface area contributed by atoms with Gasteiger partial charge >= 0.3 is 0 Å². The molecule has 0 aliphatic rings. The average molecular weight is 266 g/mol. The number of aliphatic hydroxyl groups excluding tert-OH is 1. The molecule has 0 spiro atoms. The summed E-state index contributed by atoms with van der Waals surface area (Å²) in [6.45, 7) is 9.57. The molecule has 1 aromatic rings. The van der Waals surface area contributed by atoms with E-state index in [2.05, 4.69) is 38.0 Å². The zero-order valence-corrected chi connectivity index (χ0v) is 12.4. The van der Waals surface area contributed by atoms with Gasteiger partial charge in [-0.15, -0.1) is 0 Å². The Morgan fingerprint density at radius 1 is 1.42 bits per heavy atom. The second-order valence-corrected chi connectivity index (χ2v) is 6.00. The zero-order valence-electron chi connectivity index (χ0n) is 12.4. The number of hydrogen-bond acceptors (Lipinski definition) is 4. The third-order valence-corrected chi connectivity index (χ3v) is 2.59. The van der Waals surface area contributed by atoms with Crippen molar-refractivity contribution in [2.75, 3.05) is 18.5 Å². The van der Waals surface area contributed by atoms with Crippen molar-refractivity contribution in [1.82, 2.24) is 4.98 Å². The molecule has 19 heavy (non-hydrogen) atoms. The molecule has 0 fully saturated rings. The molecular formula is C15H26N2O2. The predicted octanol–water partition coefficient (Wildman–Crippen LogP) is 3.08. The third-order valence-electron chi connectivity index (χ3n) is 2.59. The fraction of sp³-hybridized carbons (Fsp3) is 0.667. The van der Waals surface area contributed by atoms with Gasteiger partial charge in [-0.05, 0) is 30.4 Å². The summed E-state index contributed by atoms with van der Waals surface area (Å²) < 4.78 is 5.61. The van der Waals surface area contributed by atoms with Crippen LogP contribution in [-0.4, -0.2) is 29.3 Å². The van der Waals surface area contributed by atoms with E-state index in [-0.39, 0.29) is 11.5 Å². The quantitative estimate of drug-likeness (QED) is 0.796. The molecule has 1 unspecified atom stereocenters. The van der Waals surface area contributed by atoms with E-state index in [1.165, 1.54) is 0 Å². The van der Waals surface area contributed by atoms with Crippen molar-refractivity contribution in [3.05, 3.63) is 18.3 Å². The summed E-state index contributed by atoms with van der Waals surface area (Å²) in [5.41, 5.74) is 0.118. The molecule has 4 nitrogen and oxygen atoms in total. The molecule has 0 bridgehead atoms. The van der Waals surface area contributed by atoms with Crippen LogP contribution in [0.4, 0.5) is 5.82 Å².